The van der Waals surface area contributed by atoms with Crippen LogP contribution in [0.25, 0.3) is 0 Å². The number of amides is 1. The van der Waals surface area contributed by atoms with Crippen LogP contribution in [0.15, 0.2) is 18.2 Å². The van der Waals surface area contributed by atoms with Crippen molar-refractivity contribution >= 4 is 17.5 Å². The SMILES string of the molecule is C#CCOc1ccc(Cl)cc1C(=O)N1CCN(C)CC1. The van der Waals surface area contributed by atoms with E-state index in [2.05, 4.69) is 10.8 Å². The highest BCUT2D eigenvalue weighted by Gasteiger charge is 2.23. The van der Waals surface area contributed by atoms with Gasteiger partial charge in [-0.25, -0.2) is 0 Å². The molecule has 20 heavy (non-hydrogen) atoms. The molecule has 0 N–H and O–H groups in total. The molecule has 2 rings (SSSR count). The number of carbonyl (C=O) groups excluding carboxylic acids is 1. The van der Waals surface area contributed by atoms with Gasteiger partial charge in [0, 0.05) is 31.2 Å². The van der Waals surface area contributed by atoms with E-state index in [1.807, 2.05) is 11.9 Å². The van der Waals surface area contributed by atoms with E-state index >= 15 is 0 Å². The fourth-order valence-corrected chi connectivity index (χ4v) is 2.27. The van der Waals surface area contributed by atoms with Crippen molar-refractivity contribution in [3.05, 3.63) is 28.8 Å². The lowest BCUT2D eigenvalue weighted by Gasteiger charge is -2.32. The molecule has 106 valence electrons. The van der Waals surface area contributed by atoms with Crippen LogP contribution in [0.4, 0.5) is 0 Å². The van der Waals surface area contributed by atoms with Crippen LogP contribution in [0, 0.1) is 12.3 Å². The van der Waals surface area contributed by atoms with Crippen LogP contribution in [0.3, 0.4) is 0 Å². The molecule has 1 heterocycles. The van der Waals surface area contributed by atoms with Gasteiger partial charge in [0.2, 0.25) is 0 Å². The molecule has 1 saturated heterocycles. The number of likely N-dealkylation sites (N-methyl/N-ethyl adjacent to an activating group) is 1. The lowest BCUT2D eigenvalue weighted by Crippen LogP contribution is -2.47. The first kappa shape index (κ1) is 14.7. The highest BCUT2D eigenvalue weighted by atomic mass is 35.5. The number of terminal acetylenes is 1. The summed E-state index contributed by atoms with van der Waals surface area (Å²) in [5.74, 6) is 2.82. The zero-order valence-corrected chi connectivity index (χ0v) is 12.2. The number of nitrogens with zero attached hydrogens (tertiary/aromatic N) is 2. The van der Waals surface area contributed by atoms with Crippen molar-refractivity contribution in [3.63, 3.8) is 0 Å². The average molecular weight is 293 g/mol. The van der Waals surface area contributed by atoms with E-state index in [1.54, 1.807) is 18.2 Å². The number of carbonyl (C=O) groups is 1. The Labute approximate surface area is 124 Å². The van der Waals surface area contributed by atoms with Gasteiger partial charge >= 0.3 is 0 Å². The monoisotopic (exact) mass is 292 g/mol. The predicted octanol–water partition coefficient (Wildman–Crippen LogP) is 1.74. The number of benzene rings is 1. The maximum absolute atomic E-state index is 12.6. The molecule has 0 spiro atoms. The minimum Gasteiger partial charge on any atom is -0.480 e. The van der Waals surface area contributed by atoms with Crippen LogP contribution in [0.2, 0.25) is 5.02 Å². The van der Waals surface area contributed by atoms with Gasteiger partial charge in [-0.15, -0.1) is 6.42 Å². The Morgan fingerprint density at radius 1 is 1.40 bits per heavy atom. The fourth-order valence-electron chi connectivity index (χ4n) is 2.09. The normalized spacial score (nSPS) is 15.8. The minimum absolute atomic E-state index is 0.0624. The molecular formula is C15H17ClN2O2. The first-order valence-electron chi connectivity index (χ1n) is 6.45. The maximum atomic E-state index is 12.6. The van der Waals surface area contributed by atoms with Gasteiger partial charge in [-0.1, -0.05) is 17.5 Å². The van der Waals surface area contributed by atoms with Gasteiger partial charge in [-0.05, 0) is 25.2 Å². The molecule has 0 aromatic heterocycles. The Bertz CT molecular complexity index is 531. The average Bonchev–Trinajstić information content (AvgIpc) is 2.46. The van der Waals surface area contributed by atoms with Crippen molar-refractivity contribution in [1.82, 2.24) is 9.80 Å². The lowest BCUT2D eigenvalue weighted by molar-refractivity contribution is 0.0660. The predicted molar refractivity (Wildman–Crippen MR) is 79.2 cm³/mol. The van der Waals surface area contributed by atoms with Crippen molar-refractivity contribution in [1.29, 1.82) is 0 Å². The molecule has 0 atom stereocenters. The Kier molecular flexibility index (Phi) is 4.89. The van der Waals surface area contributed by atoms with Crippen LogP contribution in [-0.4, -0.2) is 55.5 Å². The number of piperazine rings is 1. The summed E-state index contributed by atoms with van der Waals surface area (Å²) < 4.78 is 5.42. The molecule has 0 unspecified atom stereocenters. The Hall–Kier alpha value is -1.70. The Balaban J connectivity index is 2.19. The van der Waals surface area contributed by atoms with E-state index in [-0.39, 0.29) is 12.5 Å². The molecule has 5 heteroatoms. The zero-order chi connectivity index (χ0) is 14.5. The second-order valence-corrected chi connectivity index (χ2v) is 5.17. The van der Waals surface area contributed by atoms with Gasteiger partial charge in [0.15, 0.2) is 0 Å². The largest absolute Gasteiger partial charge is 0.480 e. The molecule has 0 bridgehead atoms. The molecular weight excluding hydrogens is 276 g/mol. The highest BCUT2D eigenvalue weighted by molar-refractivity contribution is 6.31. The van der Waals surface area contributed by atoms with Crippen molar-refractivity contribution in [2.75, 3.05) is 39.8 Å². The number of rotatable bonds is 3. The van der Waals surface area contributed by atoms with Crippen LogP contribution < -0.4 is 4.74 Å². The third-order valence-electron chi connectivity index (χ3n) is 3.27. The maximum Gasteiger partial charge on any atom is 0.257 e. The summed E-state index contributed by atoms with van der Waals surface area (Å²) in [4.78, 5) is 16.6. The van der Waals surface area contributed by atoms with E-state index in [0.29, 0.717) is 29.4 Å². The van der Waals surface area contributed by atoms with Gasteiger partial charge in [-0.3, -0.25) is 4.79 Å². The molecule has 1 aliphatic heterocycles. The summed E-state index contributed by atoms with van der Waals surface area (Å²) in [6.07, 6.45) is 5.19. The van der Waals surface area contributed by atoms with E-state index in [9.17, 15) is 4.79 Å². The number of hydrogen-bond donors (Lipinski definition) is 0. The Morgan fingerprint density at radius 2 is 2.10 bits per heavy atom. The molecule has 0 saturated carbocycles. The van der Waals surface area contributed by atoms with Crippen molar-refractivity contribution in [3.8, 4) is 18.1 Å². The van der Waals surface area contributed by atoms with Crippen LogP contribution in [-0.2, 0) is 0 Å². The van der Waals surface area contributed by atoms with Crippen LogP contribution in [0.1, 0.15) is 10.4 Å². The molecule has 0 aliphatic carbocycles. The zero-order valence-electron chi connectivity index (χ0n) is 11.4. The molecule has 0 radical (unpaired) electrons. The quantitative estimate of drug-likeness (QED) is 0.796. The summed E-state index contributed by atoms with van der Waals surface area (Å²) in [5, 5.41) is 0.510. The second-order valence-electron chi connectivity index (χ2n) is 4.73. The first-order valence-corrected chi connectivity index (χ1v) is 6.83. The summed E-state index contributed by atoms with van der Waals surface area (Å²) in [6, 6.07) is 5.01. The van der Waals surface area contributed by atoms with Gasteiger partial charge in [0.05, 0.1) is 5.56 Å². The molecule has 4 nitrogen and oxygen atoms in total. The topological polar surface area (TPSA) is 32.8 Å². The molecule has 1 fully saturated rings. The lowest BCUT2D eigenvalue weighted by atomic mass is 10.1. The molecule has 1 aromatic carbocycles. The third kappa shape index (κ3) is 3.44. The standard InChI is InChI=1S/C15H17ClN2O2/c1-3-10-20-14-5-4-12(16)11-13(14)15(19)18-8-6-17(2)7-9-18/h1,4-5,11H,6-10H2,2H3. The Morgan fingerprint density at radius 3 is 2.75 bits per heavy atom. The molecule has 1 aliphatic rings. The third-order valence-corrected chi connectivity index (χ3v) is 3.51. The molecule has 1 amide bonds. The number of halogens is 1. The van der Waals surface area contributed by atoms with E-state index < -0.39 is 0 Å². The summed E-state index contributed by atoms with van der Waals surface area (Å²) in [7, 11) is 2.04. The summed E-state index contributed by atoms with van der Waals surface area (Å²) in [5.41, 5.74) is 0.470. The fraction of sp³-hybridized carbons (Fsp3) is 0.400. The highest BCUT2D eigenvalue weighted by Crippen LogP contribution is 2.24. The van der Waals surface area contributed by atoms with E-state index in [1.165, 1.54) is 0 Å². The van der Waals surface area contributed by atoms with Crippen molar-refractivity contribution in [2.45, 2.75) is 0 Å². The van der Waals surface area contributed by atoms with Crippen LogP contribution in [0.5, 0.6) is 5.75 Å². The summed E-state index contributed by atoms with van der Waals surface area (Å²) >= 11 is 5.98. The summed E-state index contributed by atoms with van der Waals surface area (Å²) in [6.45, 7) is 3.28. The van der Waals surface area contributed by atoms with E-state index in [0.717, 1.165) is 13.1 Å². The number of ether oxygens (including phenoxy) is 1. The van der Waals surface area contributed by atoms with E-state index in [4.69, 9.17) is 22.8 Å². The number of hydrogen-bond acceptors (Lipinski definition) is 3. The van der Waals surface area contributed by atoms with Gasteiger partial charge in [-0.2, -0.15) is 0 Å². The van der Waals surface area contributed by atoms with Crippen molar-refractivity contribution in [2.24, 2.45) is 0 Å². The first-order chi connectivity index (χ1) is 9.61. The van der Waals surface area contributed by atoms with Crippen LogP contribution >= 0.6 is 11.6 Å². The minimum atomic E-state index is -0.0624. The van der Waals surface area contributed by atoms with Crippen molar-refractivity contribution < 1.29 is 9.53 Å². The second kappa shape index (κ2) is 6.65. The van der Waals surface area contributed by atoms with Gasteiger partial charge in [0.25, 0.3) is 5.91 Å². The molecule has 1 aromatic rings. The smallest absolute Gasteiger partial charge is 0.257 e. The van der Waals surface area contributed by atoms with Gasteiger partial charge < -0.3 is 14.5 Å². The van der Waals surface area contributed by atoms with Gasteiger partial charge in [0.1, 0.15) is 12.4 Å².